The van der Waals surface area contributed by atoms with Crippen molar-refractivity contribution in [2.24, 2.45) is 5.73 Å². The zero-order valence-corrected chi connectivity index (χ0v) is 11.6. The largest absolute Gasteiger partial charge is 0.494 e. The fourth-order valence-corrected chi connectivity index (χ4v) is 2.33. The molecule has 0 saturated carbocycles. The molecule has 1 aromatic rings. The van der Waals surface area contributed by atoms with E-state index in [2.05, 4.69) is 26.0 Å². The Bertz CT molecular complexity index is 350. The molecule has 3 heteroatoms. The first-order chi connectivity index (χ1) is 8.58. The maximum absolute atomic E-state index is 9.27. The topological polar surface area (TPSA) is 55.5 Å². The lowest BCUT2D eigenvalue weighted by molar-refractivity contribution is 0.223. The van der Waals surface area contributed by atoms with E-state index in [4.69, 9.17) is 10.5 Å². The molecular formula is C15H25NO2. The smallest absolute Gasteiger partial charge is 0.119 e. The summed E-state index contributed by atoms with van der Waals surface area (Å²) in [4.78, 5) is 0. The molecule has 0 aliphatic heterocycles. The third-order valence-corrected chi connectivity index (χ3v) is 3.71. The van der Waals surface area contributed by atoms with Gasteiger partial charge in [-0.15, -0.1) is 0 Å². The van der Waals surface area contributed by atoms with Crippen molar-refractivity contribution in [1.82, 2.24) is 0 Å². The summed E-state index contributed by atoms with van der Waals surface area (Å²) in [6.07, 6.45) is 1.57. The molecule has 2 unspecified atom stereocenters. The van der Waals surface area contributed by atoms with Gasteiger partial charge in [0.15, 0.2) is 0 Å². The van der Waals surface area contributed by atoms with Gasteiger partial charge in [0.25, 0.3) is 0 Å². The molecule has 1 rings (SSSR count). The number of nitrogens with two attached hydrogens (primary N) is 1. The van der Waals surface area contributed by atoms with Crippen LogP contribution in [0.4, 0.5) is 0 Å². The Morgan fingerprint density at radius 1 is 1.28 bits per heavy atom. The van der Waals surface area contributed by atoms with E-state index >= 15 is 0 Å². The van der Waals surface area contributed by atoms with E-state index in [-0.39, 0.29) is 18.1 Å². The second kappa shape index (κ2) is 6.76. The lowest BCUT2D eigenvalue weighted by Gasteiger charge is -2.35. The minimum absolute atomic E-state index is 0.0441. The van der Waals surface area contributed by atoms with Crippen LogP contribution < -0.4 is 10.5 Å². The van der Waals surface area contributed by atoms with Gasteiger partial charge in [-0.2, -0.15) is 0 Å². The molecule has 0 fully saturated rings. The molecule has 3 N–H and O–H groups in total. The summed E-state index contributed by atoms with van der Waals surface area (Å²) in [5, 5.41) is 9.27. The van der Waals surface area contributed by atoms with Crippen molar-refractivity contribution in [3.05, 3.63) is 29.8 Å². The minimum Gasteiger partial charge on any atom is -0.494 e. The number of hydrogen-bond donors (Lipinski definition) is 2. The van der Waals surface area contributed by atoms with Crippen LogP contribution in [0, 0.1) is 0 Å². The quantitative estimate of drug-likeness (QED) is 0.782. The Kier molecular flexibility index (Phi) is 5.63. The zero-order valence-electron chi connectivity index (χ0n) is 11.6. The number of aliphatic hydroxyl groups is 1. The second-order valence-electron chi connectivity index (χ2n) is 4.86. The molecule has 102 valence electrons. The summed E-state index contributed by atoms with van der Waals surface area (Å²) in [6.45, 7) is 6.98. The van der Waals surface area contributed by atoms with Crippen LogP contribution in [-0.4, -0.2) is 24.4 Å². The first-order valence-electron chi connectivity index (χ1n) is 6.68. The van der Waals surface area contributed by atoms with Crippen molar-refractivity contribution >= 4 is 0 Å². The number of ether oxygens (including phenoxy) is 1. The lowest BCUT2D eigenvalue weighted by Crippen LogP contribution is -2.43. The predicted octanol–water partition coefficient (Wildman–Crippen LogP) is 2.46. The molecule has 0 bridgehead atoms. The number of rotatable bonds is 7. The van der Waals surface area contributed by atoms with Crippen LogP contribution in [0.25, 0.3) is 0 Å². The van der Waals surface area contributed by atoms with E-state index in [1.54, 1.807) is 0 Å². The Labute approximate surface area is 110 Å². The van der Waals surface area contributed by atoms with Gasteiger partial charge in [-0.25, -0.2) is 0 Å². The van der Waals surface area contributed by atoms with Crippen molar-refractivity contribution in [2.45, 2.75) is 45.1 Å². The molecule has 1 aromatic carbocycles. The highest BCUT2D eigenvalue weighted by Crippen LogP contribution is 2.32. The Hall–Kier alpha value is -1.06. The second-order valence-corrected chi connectivity index (χ2v) is 4.86. The van der Waals surface area contributed by atoms with Gasteiger partial charge in [0.05, 0.1) is 6.61 Å². The van der Waals surface area contributed by atoms with Crippen molar-refractivity contribution in [3.8, 4) is 5.75 Å². The fourth-order valence-electron chi connectivity index (χ4n) is 2.33. The van der Waals surface area contributed by atoms with Crippen molar-refractivity contribution < 1.29 is 9.84 Å². The average Bonchev–Trinajstić information content (AvgIpc) is 2.39. The summed E-state index contributed by atoms with van der Waals surface area (Å²) in [6, 6.07) is 8.09. The first kappa shape index (κ1) is 15.0. The number of aliphatic hydroxyl groups excluding tert-OH is 1. The van der Waals surface area contributed by atoms with Gasteiger partial charge in [0, 0.05) is 18.1 Å². The lowest BCUT2D eigenvalue weighted by atomic mass is 9.73. The highest BCUT2D eigenvalue weighted by Gasteiger charge is 2.32. The molecule has 0 aromatic heterocycles. The van der Waals surface area contributed by atoms with Gasteiger partial charge in [0.1, 0.15) is 5.75 Å². The maximum atomic E-state index is 9.27. The van der Waals surface area contributed by atoms with Crippen molar-refractivity contribution in [1.29, 1.82) is 0 Å². The van der Waals surface area contributed by atoms with Gasteiger partial charge in [-0.1, -0.05) is 26.0 Å². The molecule has 3 nitrogen and oxygen atoms in total. The monoisotopic (exact) mass is 251 g/mol. The Morgan fingerprint density at radius 2 is 1.89 bits per heavy atom. The standard InChI is InChI=1S/C15H25NO2/c1-4-14(16)15(3,10-11-17)12-6-8-13(9-7-12)18-5-2/h6-9,14,17H,4-5,10-11,16H2,1-3H3. The van der Waals surface area contributed by atoms with Crippen LogP contribution in [-0.2, 0) is 5.41 Å². The first-order valence-corrected chi connectivity index (χ1v) is 6.68. The van der Waals surface area contributed by atoms with Gasteiger partial charge >= 0.3 is 0 Å². The molecule has 0 spiro atoms. The van der Waals surface area contributed by atoms with Crippen LogP contribution in [0.1, 0.15) is 39.2 Å². The highest BCUT2D eigenvalue weighted by atomic mass is 16.5. The zero-order chi connectivity index (χ0) is 13.6. The summed E-state index contributed by atoms with van der Waals surface area (Å²) >= 11 is 0. The van der Waals surface area contributed by atoms with Crippen molar-refractivity contribution in [2.75, 3.05) is 13.2 Å². The number of benzene rings is 1. The third-order valence-electron chi connectivity index (χ3n) is 3.71. The predicted molar refractivity (Wildman–Crippen MR) is 74.9 cm³/mol. The molecule has 0 amide bonds. The van der Waals surface area contributed by atoms with Crippen LogP contribution in [0.15, 0.2) is 24.3 Å². The van der Waals surface area contributed by atoms with E-state index < -0.39 is 0 Å². The maximum Gasteiger partial charge on any atom is 0.119 e. The normalized spacial score (nSPS) is 16.1. The van der Waals surface area contributed by atoms with Crippen LogP contribution in [0.3, 0.4) is 0 Å². The van der Waals surface area contributed by atoms with Crippen LogP contribution in [0.5, 0.6) is 5.75 Å². The molecule has 0 aliphatic carbocycles. The van der Waals surface area contributed by atoms with E-state index in [9.17, 15) is 5.11 Å². The van der Waals surface area contributed by atoms with E-state index in [0.29, 0.717) is 13.0 Å². The Balaban J connectivity index is 2.98. The summed E-state index contributed by atoms with van der Waals surface area (Å²) in [7, 11) is 0. The molecule has 18 heavy (non-hydrogen) atoms. The summed E-state index contributed by atoms with van der Waals surface area (Å²) in [5.74, 6) is 0.873. The van der Waals surface area contributed by atoms with E-state index in [1.165, 1.54) is 0 Å². The van der Waals surface area contributed by atoms with E-state index in [0.717, 1.165) is 17.7 Å². The van der Waals surface area contributed by atoms with Gasteiger partial charge < -0.3 is 15.6 Å². The highest BCUT2D eigenvalue weighted by molar-refractivity contribution is 5.33. The van der Waals surface area contributed by atoms with Gasteiger partial charge in [-0.3, -0.25) is 0 Å². The SMILES string of the molecule is CCOc1ccc(C(C)(CCO)C(N)CC)cc1. The molecule has 0 saturated heterocycles. The van der Waals surface area contributed by atoms with E-state index in [1.807, 2.05) is 19.1 Å². The Morgan fingerprint density at radius 3 is 2.33 bits per heavy atom. The van der Waals surface area contributed by atoms with Crippen LogP contribution >= 0.6 is 0 Å². The molecule has 0 radical (unpaired) electrons. The minimum atomic E-state index is -0.186. The summed E-state index contributed by atoms with van der Waals surface area (Å²) < 4.78 is 5.44. The number of hydrogen-bond acceptors (Lipinski definition) is 3. The molecule has 0 heterocycles. The third kappa shape index (κ3) is 3.24. The molecule has 0 aliphatic rings. The van der Waals surface area contributed by atoms with Crippen molar-refractivity contribution in [3.63, 3.8) is 0 Å². The van der Waals surface area contributed by atoms with Crippen LogP contribution in [0.2, 0.25) is 0 Å². The molecule has 2 atom stereocenters. The molecular weight excluding hydrogens is 226 g/mol. The summed E-state index contributed by atoms with van der Waals surface area (Å²) in [5.41, 5.74) is 7.20. The van der Waals surface area contributed by atoms with Gasteiger partial charge in [0.2, 0.25) is 0 Å². The fraction of sp³-hybridized carbons (Fsp3) is 0.600. The average molecular weight is 251 g/mol. The van der Waals surface area contributed by atoms with Gasteiger partial charge in [-0.05, 0) is 37.5 Å².